The van der Waals surface area contributed by atoms with Crippen molar-refractivity contribution in [1.29, 1.82) is 0 Å². The second-order valence-corrected chi connectivity index (χ2v) is 0.812. The van der Waals surface area contributed by atoms with E-state index in [2.05, 4.69) is 7.05 Å². The molecule has 0 saturated heterocycles. The van der Waals surface area contributed by atoms with E-state index in [1.54, 1.807) is 0 Å². The quantitative estimate of drug-likeness (QED) is 0.173. The van der Waals surface area contributed by atoms with E-state index >= 15 is 0 Å². The fraction of sp³-hybridized carbons (Fsp3) is 0.500. The largest absolute Gasteiger partial charge is 1.00 e. The summed E-state index contributed by atoms with van der Waals surface area (Å²) in [6.45, 7) is 0. The van der Waals surface area contributed by atoms with Crippen LogP contribution in [0.4, 0.5) is 0 Å². The van der Waals surface area contributed by atoms with Crippen molar-refractivity contribution in [2.24, 2.45) is 0 Å². The molecule has 4 nitrogen and oxygen atoms in total. The van der Waals surface area contributed by atoms with Gasteiger partial charge in [-0.15, -0.1) is 12.4 Å². The molecule has 0 aliphatic carbocycles. The van der Waals surface area contributed by atoms with Gasteiger partial charge in [-0.25, -0.2) is 0 Å². The third-order valence-corrected chi connectivity index (χ3v) is 0.237. The number of aliphatic hydroxyl groups is 3. The van der Waals surface area contributed by atoms with Crippen molar-refractivity contribution in [2.75, 3.05) is 0 Å². The van der Waals surface area contributed by atoms with Crippen LogP contribution in [0.15, 0.2) is 0 Å². The van der Waals surface area contributed by atoms with E-state index < -0.39 is 6.10 Å². The SMILES string of the molecule is Cl.[CH2-]NC(O)(O)O.[Na+]. The van der Waals surface area contributed by atoms with Crippen LogP contribution in [0.25, 0.3) is 0 Å². The molecule has 0 aliphatic rings. The van der Waals surface area contributed by atoms with Crippen LogP contribution in [-0.4, -0.2) is 21.4 Å². The van der Waals surface area contributed by atoms with Crippen molar-refractivity contribution in [2.45, 2.75) is 6.10 Å². The van der Waals surface area contributed by atoms with Gasteiger partial charge in [0.05, 0.1) is 0 Å². The molecule has 0 atom stereocenters. The number of hydrogen-bond donors (Lipinski definition) is 4. The molecule has 0 rings (SSSR count). The molecular weight excluding hydrogens is 144 g/mol. The summed E-state index contributed by atoms with van der Waals surface area (Å²) in [4.78, 5) is 0. The maximum atomic E-state index is 7.76. The van der Waals surface area contributed by atoms with Crippen LogP contribution in [0.2, 0.25) is 0 Å². The molecule has 6 heteroatoms. The summed E-state index contributed by atoms with van der Waals surface area (Å²) in [5.74, 6) is 0. The van der Waals surface area contributed by atoms with Crippen LogP contribution >= 0.6 is 12.4 Å². The molecule has 0 bridgehead atoms. The molecule has 0 radical (unpaired) electrons. The number of halogens is 1. The average molecular weight is 152 g/mol. The zero-order valence-corrected chi connectivity index (χ0v) is 7.27. The summed E-state index contributed by atoms with van der Waals surface area (Å²) in [5.41, 5.74) is 0. The van der Waals surface area contributed by atoms with E-state index in [9.17, 15) is 0 Å². The predicted octanol–water partition coefficient (Wildman–Crippen LogP) is -4.62. The van der Waals surface area contributed by atoms with Crippen molar-refractivity contribution >= 4 is 12.4 Å². The molecule has 0 spiro atoms. The summed E-state index contributed by atoms with van der Waals surface area (Å²) >= 11 is 0. The second-order valence-electron chi connectivity index (χ2n) is 0.812. The Bertz CT molecular complexity index is 47.0. The van der Waals surface area contributed by atoms with Gasteiger partial charge in [0, 0.05) is 0 Å². The smallest absolute Gasteiger partial charge is 0.396 e. The van der Waals surface area contributed by atoms with E-state index in [1.807, 2.05) is 0 Å². The molecule has 0 heterocycles. The first-order valence-corrected chi connectivity index (χ1v) is 1.27. The minimum absolute atomic E-state index is 0. The van der Waals surface area contributed by atoms with Crippen LogP contribution in [0, 0.1) is 7.05 Å². The first-order chi connectivity index (χ1) is 2.56. The van der Waals surface area contributed by atoms with Crippen molar-refractivity contribution < 1.29 is 44.9 Å². The zero-order chi connectivity index (χ0) is 5.21. The van der Waals surface area contributed by atoms with Crippen LogP contribution in [0.5, 0.6) is 0 Å². The van der Waals surface area contributed by atoms with Crippen molar-refractivity contribution in [3.8, 4) is 0 Å². The van der Waals surface area contributed by atoms with Crippen LogP contribution in [0.1, 0.15) is 0 Å². The van der Waals surface area contributed by atoms with E-state index in [-0.39, 0.29) is 42.0 Å². The standard InChI is InChI=1S/C2H6NO3.ClH.Na/c1-3-2(4,5)6;;/h3-6H,1H2;1H;/q-1;;+1. The first kappa shape index (κ1) is 16.1. The number of nitrogens with one attached hydrogen (secondary N) is 1. The molecule has 0 aromatic heterocycles. The third-order valence-electron chi connectivity index (χ3n) is 0.237. The maximum Gasteiger partial charge on any atom is 1.00 e. The molecular formula is C2H7ClNNaO3. The first-order valence-electron chi connectivity index (χ1n) is 1.27. The average Bonchev–Trinajstić information content (AvgIpc) is 1.35. The van der Waals surface area contributed by atoms with Gasteiger partial charge in [-0.2, -0.15) is 0 Å². The van der Waals surface area contributed by atoms with Gasteiger partial charge in [0.2, 0.25) is 0 Å². The zero-order valence-electron chi connectivity index (χ0n) is 4.46. The molecule has 0 fully saturated rings. The van der Waals surface area contributed by atoms with Gasteiger partial charge in [-0.3, -0.25) is 7.05 Å². The Morgan fingerprint density at radius 3 is 1.38 bits per heavy atom. The molecule has 0 saturated carbocycles. The molecule has 0 unspecified atom stereocenters. The maximum absolute atomic E-state index is 7.76. The van der Waals surface area contributed by atoms with Gasteiger partial charge in [-0.1, -0.05) is 0 Å². The Balaban J connectivity index is -0.000000125. The summed E-state index contributed by atoms with van der Waals surface area (Å²) in [5, 5.41) is 24.8. The molecule has 0 amide bonds. The minimum atomic E-state index is -2.82. The van der Waals surface area contributed by atoms with Crippen molar-refractivity contribution in [3.05, 3.63) is 7.05 Å². The van der Waals surface area contributed by atoms with Gasteiger partial charge in [0.25, 0.3) is 0 Å². The van der Waals surface area contributed by atoms with Crippen LogP contribution < -0.4 is 34.9 Å². The van der Waals surface area contributed by atoms with Gasteiger partial charge >= 0.3 is 35.7 Å². The summed E-state index contributed by atoms with van der Waals surface area (Å²) in [7, 11) is 2.76. The minimum Gasteiger partial charge on any atom is -0.396 e. The molecule has 8 heavy (non-hydrogen) atoms. The Morgan fingerprint density at radius 1 is 1.25 bits per heavy atom. The number of hydrogen-bond acceptors (Lipinski definition) is 4. The third kappa shape index (κ3) is 15.7. The summed E-state index contributed by atoms with van der Waals surface area (Å²) < 4.78 is 0. The molecule has 0 aromatic rings. The normalized spacial score (nSPS) is 9.00. The van der Waals surface area contributed by atoms with E-state index in [0.717, 1.165) is 0 Å². The van der Waals surface area contributed by atoms with Crippen molar-refractivity contribution in [3.63, 3.8) is 0 Å². The van der Waals surface area contributed by atoms with Crippen LogP contribution in [0.3, 0.4) is 0 Å². The van der Waals surface area contributed by atoms with Crippen LogP contribution in [-0.2, 0) is 0 Å². The molecule has 0 aliphatic heterocycles. The van der Waals surface area contributed by atoms with E-state index in [1.165, 1.54) is 5.32 Å². The topological polar surface area (TPSA) is 72.7 Å². The number of rotatable bonds is 1. The second kappa shape index (κ2) is 6.25. The van der Waals surface area contributed by atoms with Gasteiger partial charge in [0.1, 0.15) is 0 Å². The molecule has 4 N–H and O–H groups in total. The van der Waals surface area contributed by atoms with Gasteiger partial charge in [-0.05, 0) is 0 Å². The molecule has 46 valence electrons. The van der Waals surface area contributed by atoms with Gasteiger partial charge in [0.15, 0.2) is 0 Å². The van der Waals surface area contributed by atoms with Crippen molar-refractivity contribution in [1.82, 2.24) is 5.32 Å². The Labute approximate surface area is 75.6 Å². The molecule has 0 aromatic carbocycles. The fourth-order valence-corrected chi connectivity index (χ4v) is 0. The summed E-state index contributed by atoms with van der Waals surface area (Å²) in [6, 6.07) is 0. The Morgan fingerprint density at radius 2 is 1.38 bits per heavy atom. The monoisotopic (exact) mass is 151 g/mol. The van der Waals surface area contributed by atoms with Gasteiger partial charge < -0.3 is 20.6 Å². The summed E-state index contributed by atoms with van der Waals surface area (Å²) in [6.07, 6.45) is -2.82. The Kier molecular flexibility index (Phi) is 12.6. The Hall–Kier alpha value is 1.13. The predicted molar refractivity (Wildman–Crippen MR) is 25.1 cm³/mol. The fourth-order valence-electron chi connectivity index (χ4n) is 0. The van der Waals surface area contributed by atoms with E-state index in [0.29, 0.717) is 0 Å². The van der Waals surface area contributed by atoms with E-state index in [4.69, 9.17) is 15.3 Å².